The first-order chi connectivity index (χ1) is 7.76. The fourth-order valence-electron chi connectivity index (χ4n) is 1.24. The minimum absolute atomic E-state index is 0.162. The van der Waals surface area contributed by atoms with Crippen molar-refractivity contribution in [2.45, 2.75) is 0 Å². The Bertz CT molecular complexity index is 539. The van der Waals surface area contributed by atoms with Crippen molar-refractivity contribution >= 4 is 0 Å². The van der Waals surface area contributed by atoms with Crippen LogP contribution in [0.2, 0.25) is 0 Å². The Balaban J connectivity index is 2.47. The Morgan fingerprint density at radius 1 is 1.44 bits per heavy atom. The highest BCUT2D eigenvalue weighted by Gasteiger charge is 2.19. The molecular formula is C10H7N3O3. The monoisotopic (exact) mass is 217 g/mol. The van der Waals surface area contributed by atoms with Gasteiger partial charge < -0.3 is 14.4 Å². The van der Waals surface area contributed by atoms with Crippen LogP contribution in [0.4, 0.5) is 0 Å². The van der Waals surface area contributed by atoms with E-state index in [2.05, 4.69) is 9.79 Å². The first-order valence-electron chi connectivity index (χ1n) is 4.40. The Kier molecular flexibility index (Phi) is 2.44. The van der Waals surface area contributed by atoms with E-state index in [1.807, 2.05) is 0 Å². The van der Waals surface area contributed by atoms with Gasteiger partial charge in [0.2, 0.25) is 5.69 Å². The van der Waals surface area contributed by atoms with Crippen LogP contribution in [-0.4, -0.2) is 12.4 Å². The number of nitriles is 1. The lowest BCUT2D eigenvalue weighted by molar-refractivity contribution is -0.672. The molecule has 0 aliphatic carbocycles. The number of ether oxygens (including phenoxy) is 1. The summed E-state index contributed by atoms with van der Waals surface area (Å²) in [6.45, 7) is 0. The van der Waals surface area contributed by atoms with Crippen LogP contribution >= 0.6 is 0 Å². The summed E-state index contributed by atoms with van der Waals surface area (Å²) in [7, 11) is 1.55. The quantitative estimate of drug-likeness (QED) is 0.656. The number of hydrogen-bond donors (Lipinski definition) is 0. The molecule has 0 aliphatic heterocycles. The van der Waals surface area contributed by atoms with E-state index in [9.17, 15) is 5.11 Å². The molecular weight excluding hydrogens is 210 g/mol. The van der Waals surface area contributed by atoms with E-state index >= 15 is 0 Å². The minimum atomic E-state index is -0.752. The van der Waals surface area contributed by atoms with Crippen molar-refractivity contribution in [2.75, 3.05) is 7.11 Å². The number of rotatable bonds is 2. The highest BCUT2D eigenvalue weighted by Crippen LogP contribution is 2.13. The molecule has 0 spiro atoms. The summed E-state index contributed by atoms with van der Waals surface area (Å²) in [4.78, 5) is 0. The lowest BCUT2D eigenvalue weighted by Gasteiger charge is -1.96. The van der Waals surface area contributed by atoms with Crippen LogP contribution in [0.15, 0.2) is 28.8 Å². The lowest BCUT2D eigenvalue weighted by atomic mass is 10.3. The summed E-state index contributed by atoms with van der Waals surface area (Å²) in [6.07, 6.45) is 0. The van der Waals surface area contributed by atoms with Gasteiger partial charge in [-0.05, 0) is 16.8 Å². The van der Waals surface area contributed by atoms with Gasteiger partial charge in [-0.2, -0.15) is 5.26 Å². The smallest absolute Gasteiger partial charge is 0.340 e. The predicted octanol–water partition coefficient (Wildman–Crippen LogP) is -0.0948. The van der Waals surface area contributed by atoms with Gasteiger partial charge in [-0.1, -0.05) is 0 Å². The predicted molar refractivity (Wildman–Crippen MR) is 48.7 cm³/mol. The molecule has 16 heavy (non-hydrogen) atoms. The van der Waals surface area contributed by atoms with Crippen LogP contribution < -0.4 is 14.5 Å². The van der Waals surface area contributed by atoms with Crippen molar-refractivity contribution in [1.29, 1.82) is 5.26 Å². The van der Waals surface area contributed by atoms with E-state index in [-0.39, 0.29) is 5.69 Å². The van der Waals surface area contributed by atoms with Crippen molar-refractivity contribution in [3.63, 3.8) is 0 Å². The highest BCUT2D eigenvalue weighted by molar-refractivity contribution is 5.32. The van der Waals surface area contributed by atoms with Gasteiger partial charge in [0.1, 0.15) is 5.75 Å². The van der Waals surface area contributed by atoms with Crippen LogP contribution in [-0.2, 0) is 0 Å². The molecule has 0 unspecified atom stereocenters. The van der Waals surface area contributed by atoms with E-state index in [0.29, 0.717) is 11.4 Å². The third-order valence-corrected chi connectivity index (χ3v) is 2.03. The van der Waals surface area contributed by atoms with Crippen molar-refractivity contribution in [3.05, 3.63) is 30.0 Å². The summed E-state index contributed by atoms with van der Waals surface area (Å²) < 4.78 is 10.5. The summed E-state index contributed by atoms with van der Waals surface area (Å²) in [5.74, 6) is -0.0768. The molecule has 0 amide bonds. The molecule has 0 saturated carbocycles. The summed E-state index contributed by atoms with van der Waals surface area (Å²) in [5.41, 5.74) is 0.397. The van der Waals surface area contributed by atoms with Crippen LogP contribution in [0.25, 0.3) is 5.69 Å². The maximum atomic E-state index is 11.1. The van der Waals surface area contributed by atoms with Crippen molar-refractivity contribution in [3.8, 4) is 23.5 Å². The molecule has 1 aromatic heterocycles. The molecule has 1 aromatic carbocycles. The molecule has 0 radical (unpaired) electrons. The molecule has 0 bridgehead atoms. The molecule has 2 aromatic rings. The molecule has 0 N–H and O–H groups in total. The summed E-state index contributed by atoms with van der Waals surface area (Å²) in [6, 6.07) is 8.46. The Labute approximate surface area is 90.9 Å². The number of hydrogen-bond acceptors (Lipinski definition) is 5. The fraction of sp³-hybridized carbons (Fsp3) is 0.100. The Hall–Kier alpha value is -2.55. The molecule has 0 saturated heterocycles. The number of methoxy groups -OCH3 is 1. The third kappa shape index (κ3) is 1.54. The topological polar surface area (TPSA) is 86.0 Å². The molecule has 6 heteroatoms. The average Bonchev–Trinajstić information content (AvgIpc) is 2.70. The van der Waals surface area contributed by atoms with Gasteiger partial charge >= 0.3 is 5.69 Å². The number of nitrogens with zero attached hydrogens (tertiary/aromatic N) is 3. The second-order valence-corrected chi connectivity index (χ2v) is 2.93. The Morgan fingerprint density at radius 3 is 2.69 bits per heavy atom. The van der Waals surface area contributed by atoms with E-state index in [4.69, 9.17) is 10.00 Å². The van der Waals surface area contributed by atoms with Crippen LogP contribution in [0.1, 0.15) is 5.69 Å². The SMILES string of the molecule is COc1ccc(-[n+]2noc([O-])c2C#N)cc1. The normalized spacial score (nSPS) is 9.75. The van der Waals surface area contributed by atoms with E-state index in [1.54, 1.807) is 37.4 Å². The third-order valence-electron chi connectivity index (χ3n) is 2.03. The Morgan fingerprint density at radius 2 is 2.12 bits per heavy atom. The second-order valence-electron chi connectivity index (χ2n) is 2.93. The van der Waals surface area contributed by atoms with Gasteiger partial charge in [-0.3, -0.25) is 0 Å². The minimum Gasteiger partial charge on any atom is -0.538 e. The molecule has 0 atom stereocenters. The maximum Gasteiger partial charge on any atom is 0.340 e. The van der Waals surface area contributed by atoms with Gasteiger partial charge in [0.05, 0.1) is 12.4 Å². The zero-order chi connectivity index (χ0) is 11.5. The largest absolute Gasteiger partial charge is 0.538 e. The van der Waals surface area contributed by atoms with Gasteiger partial charge in [-0.15, -0.1) is 0 Å². The van der Waals surface area contributed by atoms with Crippen molar-refractivity contribution in [1.82, 2.24) is 5.27 Å². The van der Waals surface area contributed by atoms with Gasteiger partial charge in [-0.25, -0.2) is 0 Å². The van der Waals surface area contributed by atoms with E-state index in [1.165, 1.54) is 0 Å². The number of benzene rings is 1. The number of aromatic nitrogens is 2. The van der Waals surface area contributed by atoms with Gasteiger partial charge in [0, 0.05) is 12.1 Å². The van der Waals surface area contributed by atoms with Crippen LogP contribution in [0.3, 0.4) is 0 Å². The zero-order valence-corrected chi connectivity index (χ0v) is 8.38. The van der Waals surface area contributed by atoms with Crippen molar-refractivity contribution in [2.24, 2.45) is 0 Å². The fourth-order valence-corrected chi connectivity index (χ4v) is 1.24. The molecule has 80 valence electrons. The molecule has 0 aliphatic rings. The molecule has 2 rings (SSSR count). The maximum absolute atomic E-state index is 11.1. The highest BCUT2D eigenvalue weighted by atomic mass is 16.6. The van der Waals surface area contributed by atoms with Gasteiger partial charge in [0.25, 0.3) is 0 Å². The van der Waals surface area contributed by atoms with E-state index in [0.717, 1.165) is 4.68 Å². The standard InChI is InChI=1S/C10H7N3O3/c1-15-8-4-2-7(3-5-8)13-9(6-11)10(14)16-12-13/h2-5H,1H3. The zero-order valence-electron chi connectivity index (χ0n) is 8.38. The molecule has 1 heterocycles. The molecule has 0 fully saturated rings. The van der Waals surface area contributed by atoms with E-state index < -0.39 is 5.95 Å². The van der Waals surface area contributed by atoms with Crippen molar-refractivity contribution < 1.29 is 19.0 Å². The molecule has 6 nitrogen and oxygen atoms in total. The second kappa shape index (κ2) is 3.90. The summed E-state index contributed by atoms with van der Waals surface area (Å²) in [5, 5.41) is 23.3. The van der Waals surface area contributed by atoms with Gasteiger partial charge in [0.15, 0.2) is 12.0 Å². The van der Waals surface area contributed by atoms with Crippen LogP contribution in [0, 0.1) is 11.3 Å². The van der Waals surface area contributed by atoms with Crippen LogP contribution in [0.5, 0.6) is 11.7 Å². The first-order valence-corrected chi connectivity index (χ1v) is 4.40. The first kappa shape index (κ1) is 9.98. The lowest BCUT2D eigenvalue weighted by Crippen LogP contribution is -2.35. The average molecular weight is 217 g/mol. The summed E-state index contributed by atoms with van der Waals surface area (Å²) >= 11 is 0.